The van der Waals surface area contributed by atoms with Crippen LogP contribution in [0.4, 0.5) is 0 Å². The van der Waals surface area contributed by atoms with Crippen molar-refractivity contribution in [2.45, 2.75) is 260 Å². The average molecular weight is 1860 g/mol. The van der Waals surface area contributed by atoms with Gasteiger partial charge in [0, 0.05) is 45.8 Å². The third-order valence-corrected chi connectivity index (χ3v) is 26.0. The van der Waals surface area contributed by atoms with Crippen molar-refractivity contribution in [1.82, 2.24) is 37.2 Å². The summed E-state index contributed by atoms with van der Waals surface area (Å²) in [4.78, 5) is 0. The molecule has 14 bridgehead atoms. The molecule has 35 heteroatoms. The fourth-order valence-corrected chi connectivity index (χ4v) is 18.4. The van der Waals surface area contributed by atoms with Crippen LogP contribution in [-0.4, -0.2) is 378 Å². The van der Waals surface area contributed by atoms with Gasteiger partial charge in [0.1, 0.15) is 171 Å². The van der Waals surface area contributed by atoms with Crippen molar-refractivity contribution in [3.05, 3.63) is 251 Å². The second kappa shape index (κ2) is 50.1. The highest BCUT2D eigenvalue weighted by molar-refractivity contribution is 5.21. The van der Waals surface area contributed by atoms with E-state index in [-0.39, 0.29) is 45.8 Å². The highest BCUT2D eigenvalue weighted by Gasteiger charge is 2.60. The Labute approximate surface area is 774 Å². The zero-order valence-electron chi connectivity index (χ0n) is 74.2. The van der Waals surface area contributed by atoms with Crippen LogP contribution in [0, 0.1) is 0 Å². The predicted molar refractivity (Wildman–Crippen MR) is 480 cm³/mol. The maximum Gasteiger partial charge on any atom is 0.187 e. The molecule has 133 heavy (non-hydrogen) atoms. The Morgan fingerprint density at radius 2 is 0.263 bits per heavy atom. The van der Waals surface area contributed by atoms with E-state index in [2.05, 4.69) is 37.2 Å². The van der Waals surface area contributed by atoms with Crippen molar-refractivity contribution in [2.75, 3.05) is 91.6 Å². The average Bonchev–Trinajstić information content (AvgIpc) is 0.845. The molecule has 0 amide bonds. The summed E-state index contributed by atoms with van der Waals surface area (Å²) in [5.41, 5.74) is 6.85. The Hall–Kier alpha value is -6.86. The zero-order valence-corrected chi connectivity index (χ0v) is 74.2. The number of nitrogens with one attached hydrogen (secondary N) is 7. The predicted octanol–water partition coefficient (Wildman–Crippen LogP) is -2.35. The number of hydrogen-bond donors (Lipinski definition) is 21. The van der Waals surface area contributed by atoms with Gasteiger partial charge in [-0.3, -0.25) is 0 Å². The Balaban J connectivity index is 0.781. The summed E-state index contributed by atoms with van der Waals surface area (Å²) in [6.45, 7) is 1.27. The summed E-state index contributed by atoms with van der Waals surface area (Å²) in [7, 11) is 0. The fraction of sp³-hybridized carbons (Fsp3) is 0.571. The standard InChI is InChI=1S/C98H133N7O28/c106-71-78(113)92-120-64(50-99-43-36-57-22-8-1-9-23-57)85(71)127-93-79(114)72(107)87(66(121-93)52-101-45-38-59-26-12-3-13-27-59)129-95-81(116)74(109)89(68(123-95)54-103-47-40-61-30-16-5-17-31-61)131-97-83(118)76(111)91(70(125-97)56-105-49-42-63-34-20-7-21-35-63)133-98-84(119)77(112)90(69(126-98)55-104-48-41-62-32-18-6-19-33-62)132-96-82(117)75(110)88(67(124-96)53-102-46-39-60-28-14-4-15-29-60)130-94-80(115)73(108)86(128-92)65(122-94)51-100-44-37-58-24-10-2-11-25-58/h1-35,64-119H,36-56H2/t64-,65-,66-,67-,68-,69-,70-,71-,72-,73-,74-,75-,76-,77+,78-,79-,80-,81-,82-,83-,84-,85-,86-,87-,88-,89-,90-,91-,92-,93-,94-,95-,96-,97-,98-/m1/s1. The molecule has 0 spiro atoms. The van der Waals surface area contributed by atoms with Crippen LogP contribution in [0.25, 0.3) is 0 Å². The molecule has 7 aromatic rings. The van der Waals surface area contributed by atoms with Gasteiger partial charge in [0.05, 0.1) is 0 Å². The molecule has 0 aliphatic carbocycles. The van der Waals surface area contributed by atoms with Gasteiger partial charge in [-0.05, 0) is 130 Å². The summed E-state index contributed by atoms with van der Waals surface area (Å²) in [5.74, 6) is 0. The number of ether oxygens (including phenoxy) is 14. The molecule has 35 nitrogen and oxygen atoms in total. The lowest BCUT2D eigenvalue weighted by molar-refractivity contribution is -0.392. The normalized spacial score (nSPS) is 36.8. The maximum atomic E-state index is 12.7. The molecule has 0 radical (unpaired) electrons. The van der Waals surface area contributed by atoms with Gasteiger partial charge < -0.3 is 175 Å². The first-order chi connectivity index (χ1) is 64.8. The van der Waals surface area contributed by atoms with E-state index in [1.807, 2.05) is 212 Å². The van der Waals surface area contributed by atoms with E-state index >= 15 is 0 Å². The Kier molecular flexibility index (Phi) is 37.9. The molecule has 21 fully saturated rings. The van der Waals surface area contributed by atoms with E-state index in [9.17, 15) is 71.5 Å². The van der Waals surface area contributed by atoms with E-state index in [0.29, 0.717) is 90.8 Å². The van der Waals surface area contributed by atoms with E-state index < -0.39 is 215 Å². The van der Waals surface area contributed by atoms with Crippen LogP contribution in [0.3, 0.4) is 0 Å². The Bertz CT molecular complexity index is 3670. The van der Waals surface area contributed by atoms with Crippen LogP contribution >= 0.6 is 0 Å². The lowest BCUT2D eigenvalue weighted by Crippen LogP contribution is -2.69. The summed E-state index contributed by atoms with van der Waals surface area (Å²) in [6, 6.07) is 67.1. The summed E-state index contributed by atoms with van der Waals surface area (Å²) in [5, 5.41) is 201. The van der Waals surface area contributed by atoms with E-state index in [1.54, 1.807) is 0 Å². The molecule has 21 N–H and O–H groups in total. The third-order valence-electron chi connectivity index (χ3n) is 26.0. The summed E-state index contributed by atoms with van der Waals surface area (Å²) < 4.78 is 93.4. The van der Waals surface area contributed by atoms with Crippen molar-refractivity contribution in [1.29, 1.82) is 0 Å². The molecule has 728 valence electrons. The van der Waals surface area contributed by atoms with Crippen molar-refractivity contribution >= 4 is 0 Å². The molecule has 0 saturated carbocycles. The van der Waals surface area contributed by atoms with Crippen molar-refractivity contribution in [3.63, 3.8) is 0 Å². The van der Waals surface area contributed by atoms with E-state index in [0.717, 1.165) is 38.9 Å². The number of rotatable bonds is 35. The first-order valence-electron chi connectivity index (χ1n) is 46.7. The van der Waals surface area contributed by atoms with Crippen LogP contribution < -0.4 is 37.2 Å². The lowest BCUT2D eigenvalue weighted by atomic mass is 9.94. The van der Waals surface area contributed by atoms with Crippen LogP contribution in [0.5, 0.6) is 0 Å². The van der Waals surface area contributed by atoms with Gasteiger partial charge in [0.25, 0.3) is 0 Å². The second-order valence-corrected chi connectivity index (χ2v) is 35.5. The molecule has 28 rings (SSSR count). The van der Waals surface area contributed by atoms with Crippen molar-refractivity contribution in [3.8, 4) is 0 Å². The minimum absolute atomic E-state index is 0.147. The van der Waals surface area contributed by atoms with Crippen LogP contribution in [-0.2, 0) is 111 Å². The molecule has 7 aromatic carbocycles. The smallest absolute Gasteiger partial charge is 0.187 e. The van der Waals surface area contributed by atoms with Crippen molar-refractivity contribution in [2.24, 2.45) is 0 Å². The highest BCUT2D eigenvalue weighted by Crippen LogP contribution is 2.40. The number of aliphatic hydroxyl groups excluding tert-OH is 14. The largest absolute Gasteiger partial charge is 0.387 e. The molecule has 21 heterocycles. The minimum atomic E-state index is -2.07. The molecule has 21 saturated heterocycles. The Morgan fingerprint density at radius 3 is 0.376 bits per heavy atom. The zero-order chi connectivity index (χ0) is 92.7. The maximum absolute atomic E-state index is 12.7. The van der Waals surface area contributed by atoms with Gasteiger partial charge >= 0.3 is 0 Å². The number of hydrogen-bond acceptors (Lipinski definition) is 35. The third kappa shape index (κ3) is 26.8. The van der Waals surface area contributed by atoms with Crippen LogP contribution in [0.1, 0.15) is 38.9 Å². The highest BCUT2D eigenvalue weighted by atomic mass is 16.8. The van der Waals surface area contributed by atoms with Gasteiger partial charge in [0.15, 0.2) is 44.0 Å². The van der Waals surface area contributed by atoms with Crippen LogP contribution in [0.2, 0.25) is 0 Å². The number of aliphatic hydroxyl groups is 14. The van der Waals surface area contributed by atoms with E-state index in [4.69, 9.17) is 66.3 Å². The van der Waals surface area contributed by atoms with Crippen molar-refractivity contribution < 1.29 is 138 Å². The second-order valence-electron chi connectivity index (χ2n) is 35.5. The lowest BCUT2D eigenvalue weighted by Gasteiger charge is -2.50. The molecular weight excluding hydrogens is 1720 g/mol. The van der Waals surface area contributed by atoms with Crippen LogP contribution in [0.15, 0.2) is 212 Å². The molecule has 35 atom stereocenters. The molecular formula is C98H133N7O28. The quantitative estimate of drug-likeness (QED) is 0.0185. The van der Waals surface area contributed by atoms with Gasteiger partial charge in [-0.15, -0.1) is 0 Å². The molecule has 21 aliphatic rings. The van der Waals surface area contributed by atoms with Gasteiger partial charge in [-0.25, -0.2) is 0 Å². The van der Waals surface area contributed by atoms with E-state index in [1.165, 1.54) is 0 Å². The SMILES string of the molecule is O[C@@H]1[C@@H](O)[C@H]2O[C@H]3[C@H](O)[C@@H](O)[C@@H](O[C@H]4[C@H](O)[C@@H](O)[C@@H](O[C@H]5[C@@H](O)[C@@H](O)[C@@H](O[C@H]6[C@H](O)[C@@H](O)[C@@H](O[C@H]7[C@H](O)[C@@H](O)[C@@H](O[C@H]8[C@H](O)[C@@H](O)[C@@H](O[C@@H]1[C@@H](CNCCc1ccccc1)O2)O[C@@H]8CNCCc1ccccc1)O[C@@H]7CNCCc1ccccc1)O[C@@H]6CNCCc1ccccc1)O[C@@H]5CNCCc1ccccc1)O[C@@H]4CNCCc1ccccc1)O[C@@H]3CNCCc1ccccc1. The molecule has 21 aliphatic heterocycles. The number of benzene rings is 7. The minimum Gasteiger partial charge on any atom is -0.387 e. The van der Waals surface area contributed by atoms with Gasteiger partial charge in [-0.1, -0.05) is 212 Å². The molecule has 0 unspecified atom stereocenters. The topological polar surface area (TPSA) is 497 Å². The first-order valence-corrected chi connectivity index (χ1v) is 46.7. The van der Waals surface area contributed by atoms with Gasteiger partial charge in [-0.2, -0.15) is 0 Å². The first kappa shape index (κ1) is 101. The Morgan fingerprint density at radius 1 is 0.150 bits per heavy atom. The fourth-order valence-electron chi connectivity index (χ4n) is 18.4. The summed E-state index contributed by atoms with van der Waals surface area (Å²) >= 11 is 0. The monoisotopic (exact) mass is 1860 g/mol. The molecule has 0 aromatic heterocycles. The van der Waals surface area contributed by atoms with Gasteiger partial charge in [0.2, 0.25) is 0 Å². The summed E-state index contributed by atoms with van der Waals surface area (Å²) in [6.07, 6.45) is -58.9.